The molecule has 4 aromatic carbocycles. The van der Waals surface area contributed by atoms with Crippen molar-refractivity contribution in [2.24, 2.45) is 0 Å². The topological polar surface area (TPSA) is 75.3 Å². The predicted octanol–water partition coefficient (Wildman–Crippen LogP) is 6.21. The van der Waals surface area contributed by atoms with Crippen LogP contribution in [0.4, 0.5) is 10.1 Å². The third kappa shape index (κ3) is 7.25. The molecule has 0 aliphatic carbocycles. The van der Waals surface area contributed by atoms with Crippen LogP contribution >= 0.6 is 11.8 Å². The van der Waals surface area contributed by atoms with Crippen molar-refractivity contribution in [1.82, 2.24) is 5.32 Å². The van der Waals surface area contributed by atoms with Gasteiger partial charge in [0.05, 0.1) is 5.75 Å². The van der Waals surface area contributed by atoms with Crippen LogP contribution in [0.15, 0.2) is 120 Å². The Morgan fingerprint density at radius 2 is 1.32 bits per heavy atom. The van der Waals surface area contributed by atoms with Crippen molar-refractivity contribution in [3.63, 3.8) is 0 Å². The van der Waals surface area contributed by atoms with Crippen LogP contribution in [0.3, 0.4) is 0 Å². The largest absolute Gasteiger partial charge is 0.321 e. The van der Waals surface area contributed by atoms with Crippen molar-refractivity contribution < 1.29 is 18.8 Å². The first-order chi connectivity index (χ1) is 18.0. The minimum absolute atomic E-state index is 0.0278. The van der Waals surface area contributed by atoms with E-state index in [1.165, 1.54) is 30.0 Å². The molecule has 184 valence electrons. The number of anilines is 1. The summed E-state index contributed by atoms with van der Waals surface area (Å²) in [6, 6.07) is 30.5. The molecule has 0 saturated heterocycles. The molecule has 0 heterocycles. The molecule has 0 aliphatic heterocycles. The van der Waals surface area contributed by atoms with Gasteiger partial charge in [-0.3, -0.25) is 14.4 Å². The van der Waals surface area contributed by atoms with Gasteiger partial charge in [0, 0.05) is 27.3 Å². The lowest BCUT2D eigenvalue weighted by atomic mass is 10.1. The van der Waals surface area contributed by atoms with Gasteiger partial charge in [0.2, 0.25) is 0 Å². The average molecular weight is 511 g/mol. The summed E-state index contributed by atoms with van der Waals surface area (Å²) in [6.45, 7) is 0. The molecule has 0 radical (unpaired) electrons. The van der Waals surface area contributed by atoms with E-state index in [9.17, 15) is 18.8 Å². The van der Waals surface area contributed by atoms with Crippen molar-refractivity contribution in [1.29, 1.82) is 0 Å². The van der Waals surface area contributed by atoms with E-state index >= 15 is 0 Å². The van der Waals surface area contributed by atoms with E-state index in [1.807, 2.05) is 18.2 Å². The van der Waals surface area contributed by atoms with E-state index < -0.39 is 17.6 Å². The summed E-state index contributed by atoms with van der Waals surface area (Å²) in [7, 11) is 0. The second-order valence-electron chi connectivity index (χ2n) is 7.96. The molecule has 0 atom stereocenters. The summed E-state index contributed by atoms with van der Waals surface area (Å²) in [5, 5.41) is 5.33. The third-order valence-corrected chi connectivity index (χ3v) is 6.32. The zero-order chi connectivity index (χ0) is 26.0. The van der Waals surface area contributed by atoms with Gasteiger partial charge in [-0.05, 0) is 48.5 Å². The number of rotatable bonds is 9. The number of hydrogen-bond donors (Lipinski definition) is 2. The quantitative estimate of drug-likeness (QED) is 0.159. The first-order valence-corrected chi connectivity index (χ1v) is 12.4. The number of amides is 2. The maximum atomic E-state index is 14.3. The van der Waals surface area contributed by atoms with Crippen LogP contribution in [-0.2, 0) is 4.79 Å². The Kier molecular flexibility index (Phi) is 8.62. The standard InChI is InChI=1S/C30H23FN2O3S/c31-26-14-8-7-13-23(26)19-27(33-29(35)22-11-5-2-6-12-22)30(36)32-24-15-17-25(18-16-24)37-20-28(34)21-9-3-1-4-10-21/h1-19H,20H2,(H,32,36)(H,33,35)/b27-19-. The lowest BCUT2D eigenvalue weighted by molar-refractivity contribution is -0.113. The van der Waals surface area contributed by atoms with Crippen molar-refractivity contribution >= 4 is 41.1 Å². The fourth-order valence-electron chi connectivity index (χ4n) is 3.38. The molecule has 7 heteroatoms. The van der Waals surface area contributed by atoms with E-state index in [4.69, 9.17) is 0 Å². The van der Waals surface area contributed by atoms with Gasteiger partial charge in [-0.2, -0.15) is 0 Å². The molecular formula is C30H23FN2O3S. The Hall–Kier alpha value is -4.49. The van der Waals surface area contributed by atoms with Crippen molar-refractivity contribution in [3.8, 4) is 0 Å². The van der Waals surface area contributed by atoms with E-state index in [0.29, 0.717) is 16.8 Å². The molecule has 2 amide bonds. The normalized spacial score (nSPS) is 11.0. The fraction of sp³-hybridized carbons (Fsp3) is 0.0333. The van der Waals surface area contributed by atoms with Crippen LogP contribution < -0.4 is 10.6 Å². The summed E-state index contributed by atoms with van der Waals surface area (Å²) >= 11 is 1.39. The molecule has 0 unspecified atom stereocenters. The van der Waals surface area contributed by atoms with Crippen molar-refractivity contribution in [2.45, 2.75) is 4.90 Å². The third-order valence-electron chi connectivity index (χ3n) is 5.31. The first kappa shape index (κ1) is 25.6. The second-order valence-corrected chi connectivity index (χ2v) is 9.00. The Balaban J connectivity index is 1.45. The Morgan fingerprint density at radius 3 is 1.97 bits per heavy atom. The molecule has 4 aromatic rings. The summed E-state index contributed by atoms with van der Waals surface area (Å²) in [4.78, 5) is 39.0. The van der Waals surface area contributed by atoms with E-state index in [-0.39, 0.29) is 22.8 Å². The van der Waals surface area contributed by atoms with Gasteiger partial charge in [0.1, 0.15) is 11.5 Å². The minimum atomic E-state index is -0.604. The van der Waals surface area contributed by atoms with Gasteiger partial charge < -0.3 is 10.6 Å². The van der Waals surface area contributed by atoms with Crippen molar-refractivity contribution in [3.05, 3.63) is 137 Å². The van der Waals surface area contributed by atoms with Gasteiger partial charge in [-0.15, -0.1) is 11.8 Å². The van der Waals surface area contributed by atoms with Crippen LogP contribution in [0.1, 0.15) is 26.3 Å². The fourth-order valence-corrected chi connectivity index (χ4v) is 4.17. The van der Waals surface area contributed by atoms with E-state index in [1.54, 1.807) is 78.9 Å². The zero-order valence-corrected chi connectivity index (χ0v) is 20.5. The number of carbonyl (C=O) groups excluding carboxylic acids is 3. The van der Waals surface area contributed by atoms with Crippen LogP contribution in [0.2, 0.25) is 0 Å². The molecule has 4 rings (SSSR count). The molecule has 0 saturated carbocycles. The van der Waals surface area contributed by atoms with Gasteiger partial charge in [0.15, 0.2) is 5.78 Å². The second kappa shape index (κ2) is 12.5. The number of thioether (sulfide) groups is 1. The smallest absolute Gasteiger partial charge is 0.272 e. The van der Waals surface area contributed by atoms with Crippen LogP contribution in [-0.4, -0.2) is 23.4 Å². The highest BCUT2D eigenvalue weighted by atomic mass is 32.2. The SMILES string of the molecule is O=C(Nc1ccc(SCC(=O)c2ccccc2)cc1)/C(=C/c1ccccc1F)NC(=O)c1ccccc1. The average Bonchev–Trinajstić information content (AvgIpc) is 2.94. The van der Waals surface area contributed by atoms with Crippen molar-refractivity contribution in [2.75, 3.05) is 11.1 Å². The number of Topliss-reactive ketones (excluding diaryl/α,β-unsaturated/α-hetero) is 1. The number of ketones is 1. The highest BCUT2D eigenvalue weighted by Gasteiger charge is 2.16. The summed E-state index contributed by atoms with van der Waals surface area (Å²) in [5.74, 6) is -1.30. The van der Waals surface area contributed by atoms with E-state index in [2.05, 4.69) is 10.6 Å². The maximum Gasteiger partial charge on any atom is 0.272 e. The molecule has 0 aromatic heterocycles. The summed E-state index contributed by atoms with van der Waals surface area (Å²) in [5.41, 5.74) is 1.56. The van der Waals surface area contributed by atoms with Gasteiger partial charge >= 0.3 is 0 Å². The molecule has 37 heavy (non-hydrogen) atoms. The predicted molar refractivity (Wildman–Crippen MR) is 145 cm³/mol. The summed E-state index contributed by atoms with van der Waals surface area (Å²) < 4.78 is 14.3. The molecule has 2 N–H and O–H groups in total. The number of hydrogen-bond acceptors (Lipinski definition) is 4. The van der Waals surface area contributed by atoms with Crippen LogP contribution in [0, 0.1) is 5.82 Å². The minimum Gasteiger partial charge on any atom is -0.321 e. The van der Waals surface area contributed by atoms with Gasteiger partial charge in [-0.25, -0.2) is 4.39 Å². The molecule has 5 nitrogen and oxygen atoms in total. The highest BCUT2D eigenvalue weighted by Crippen LogP contribution is 2.22. The Bertz CT molecular complexity index is 1420. The number of carbonyl (C=O) groups is 3. The Labute approximate surface area is 218 Å². The number of benzene rings is 4. The maximum absolute atomic E-state index is 14.3. The lowest BCUT2D eigenvalue weighted by Gasteiger charge is -2.12. The monoisotopic (exact) mass is 510 g/mol. The van der Waals surface area contributed by atoms with Gasteiger partial charge in [0.25, 0.3) is 11.8 Å². The van der Waals surface area contributed by atoms with E-state index in [0.717, 1.165) is 4.90 Å². The number of nitrogens with one attached hydrogen (secondary N) is 2. The van der Waals surface area contributed by atoms with Crippen LogP contribution in [0.25, 0.3) is 6.08 Å². The molecule has 0 fully saturated rings. The molecular weight excluding hydrogens is 487 g/mol. The van der Waals surface area contributed by atoms with Crippen LogP contribution in [0.5, 0.6) is 0 Å². The molecule has 0 spiro atoms. The van der Waals surface area contributed by atoms with Gasteiger partial charge in [-0.1, -0.05) is 66.7 Å². The Morgan fingerprint density at radius 1 is 0.730 bits per heavy atom. The lowest BCUT2D eigenvalue weighted by Crippen LogP contribution is -2.30. The first-order valence-electron chi connectivity index (χ1n) is 11.4. The summed E-state index contributed by atoms with van der Waals surface area (Å²) in [6.07, 6.45) is 1.30. The molecule has 0 aliphatic rings. The highest BCUT2D eigenvalue weighted by molar-refractivity contribution is 8.00. The zero-order valence-electron chi connectivity index (χ0n) is 19.7. The molecule has 0 bridgehead atoms. The number of halogens is 1.